The number of hydrogen-bond donors (Lipinski definition) is 1. The van der Waals surface area contributed by atoms with Gasteiger partial charge in [0.25, 0.3) is 5.91 Å². The van der Waals surface area contributed by atoms with Crippen LogP contribution in [0.2, 0.25) is 0 Å². The van der Waals surface area contributed by atoms with Gasteiger partial charge in [-0.2, -0.15) is 0 Å². The Morgan fingerprint density at radius 3 is 2.77 bits per heavy atom. The first kappa shape index (κ1) is 8.72. The van der Waals surface area contributed by atoms with E-state index < -0.39 is 0 Å². The minimum Gasteiger partial charge on any atom is -0.365 e. The van der Waals surface area contributed by atoms with E-state index in [0.717, 1.165) is 6.54 Å². The lowest BCUT2D eigenvalue weighted by molar-refractivity contribution is 0.100. The lowest BCUT2D eigenvalue weighted by Crippen LogP contribution is -2.35. The summed E-state index contributed by atoms with van der Waals surface area (Å²) in [6.45, 7) is 3.34. The van der Waals surface area contributed by atoms with Gasteiger partial charge in [-0.3, -0.25) is 9.69 Å². The first-order valence-electron chi connectivity index (χ1n) is 4.36. The molecule has 70 valence electrons. The van der Waals surface area contributed by atoms with Crippen LogP contribution >= 0.6 is 11.3 Å². The van der Waals surface area contributed by atoms with E-state index in [4.69, 9.17) is 5.73 Å². The smallest absolute Gasteiger partial charge is 0.258 e. The number of carbonyl (C=O) groups is 1. The summed E-state index contributed by atoms with van der Waals surface area (Å²) >= 11 is 1.50. The number of nitrogens with zero attached hydrogens (tertiary/aromatic N) is 1. The van der Waals surface area contributed by atoms with Crippen LogP contribution in [-0.4, -0.2) is 23.9 Å². The molecule has 0 saturated carbocycles. The van der Waals surface area contributed by atoms with Gasteiger partial charge < -0.3 is 5.73 Å². The molecule has 0 radical (unpaired) electrons. The Kier molecular flexibility index (Phi) is 2.33. The molecule has 1 aromatic rings. The van der Waals surface area contributed by atoms with Crippen LogP contribution in [0.3, 0.4) is 0 Å². The standard InChI is InChI=1S/C9H12N2OS/c10-9(12)8-3-2-7(13-8)6-11-4-1-5-11/h2-3H,1,4-6H2,(H2,10,12). The minimum atomic E-state index is -0.320. The van der Waals surface area contributed by atoms with E-state index in [2.05, 4.69) is 4.90 Å². The van der Waals surface area contributed by atoms with E-state index in [-0.39, 0.29) is 5.91 Å². The molecule has 0 aromatic carbocycles. The highest BCUT2D eigenvalue weighted by Crippen LogP contribution is 2.20. The van der Waals surface area contributed by atoms with E-state index in [9.17, 15) is 4.79 Å². The number of hydrogen-bond acceptors (Lipinski definition) is 3. The average Bonchev–Trinajstić information content (AvgIpc) is 2.44. The molecule has 0 unspecified atom stereocenters. The maximum absolute atomic E-state index is 10.8. The quantitative estimate of drug-likeness (QED) is 0.785. The molecule has 2 heterocycles. The third kappa shape index (κ3) is 1.89. The van der Waals surface area contributed by atoms with Gasteiger partial charge in [0.1, 0.15) is 0 Å². The van der Waals surface area contributed by atoms with Gasteiger partial charge in [-0.25, -0.2) is 0 Å². The van der Waals surface area contributed by atoms with E-state index >= 15 is 0 Å². The number of nitrogens with two attached hydrogens (primary N) is 1. The molecule has 1 fully saturated rings. The van der Waals surface area contributed by atoms with Crippen LogP contribution in [-0.2, 0) is 6.54 Å². The molecule has 2 N–H and O–H groups in total. The van der Waals surface area contributed by atoms with E-state index in [1.807, 2.05) is 12.1 Å². The topological polar surface area (TPSA) is 46.3 Å². The van der Waals surface area contributed by atoms with Crippen molar-refractivity contribution in [2.75, 3.05) is 13.1 Å². The molecule has 0 bridgehead atoms. The van der Waals surface area contributed by atoms with Crippen LogP contribution in [0, 0.1) is 0 Å². The second-order valence-corrected chi connectivity index (χ2v) is 4.43. The van der Waals surface area contributed by atoms with Gasteiger partial charge in [0, 0.05) is 11.4 Å². The summed E-state index contributed by atoms with van der Waals surface area (Å²) in [5, 5.41) is 0. The molecule has 3 nitrogen and oxygen atoms in total. The zero-order valence-electron chi connectivity index (χ0n) is 7.32. The van der Waals surface area contributed by atoms with E-state index in [0.29, 0.717) is 4.88 Å². The van der Waals surface area contributed by atoms with Gasteiger partial charge >= 0.3 is 0 Å². The van der Waals surface area contributed by atoms with Gasteiger partial charge in [-0.1, -0.05) is 0 Å². The van der Waals surface area contributed by atoms with E-state index in [1.165, 1.54) is 35.7 Å². The SMILES string of the molecule is NC(=O)c1ccc(CN2CCC2)s1. The second-order valence-electron chi connectivity index (χ2n) is 3.26. The molecule has 0 atom stereocenters. The predicted octanol–water partition coefficient (Wildman–Crippen LogP) is 1.05. The number of carbonyl (C=O) groups excluding carboxylic acids is 1. The summed E-state index contributed by atoms with van der Waals surface area (Å²) in [4.78, 5) is 15.1. The largest absolute Gasteiger partial charge is 0.365 e. The Bertz CT molecular complexity index is 317. The van der Waals surface area contributed by atoms with Crippen molar-refractivity contribution in [2.24, 2.45) is 5.73 Å². The monoisotopic (exact) mass is 196 g/mol. The highest BCUT2D eigenvalue weighted by molar-refractivity contribution is 7.14. The Labute approximate surface area is 81.2 Å². The Hall–Kier alpha value is -0.870. The van der Waals surface area contributed by atoms with Gasteiger partial charge in [0.05, 0.1) is 4.88 Å². The number of rotatable bonds is 3. The Morgan fingerprint density at radius 1 is 1.54 bits per heavy atom. The third-order valence-corrected chi connectivity index (χ3v) is 3.32. The van der Waals surface area contributed by atoms with Crippen LogP contribution < -0.4 is 5.73 Å². The van der Waals surface area contributed by atoms with Gasteiger partial charge in [0.2, 0.25) is 0 Å². The fourth-order valence-corrected chi connectivity index (χ4v) is 2.26. The number of thiophene rings is 1. The summed E-state index contributed by atoms with van der Waals surface area (Å²) in [5.41, 5.74) is 5.16. The molecule has 1 aliphatic heterocycles. The fourth-order valence-electron chi connectivity index (χ4n) is 1.36. The van der Waals surface area contributed by atoms with Crippen molar-refractivity contribution in [3.05, 3.63) is 21.9 Å². The van der Waals surface area contributed by atoms with Crippen molar-refractivity contribution in [2.45, 2.75) is 13.0 Å². The maximum atomic E-state index is 10.8. The van der Waals surface area contributed by atoms with Crippen molar-refractivity contribution in [3.63, 3.8) is 0 Å². The first-order chi connectivity index (χ1) is 6.25. The van der Waals surface area contributed by atoms with Gasteiger partial charge in [-0.05, 0) is 31.6 Å². The normalized spacial score (nSPS) is 16.9. The highest BCUT2D eigenvalue weighted by Gasteiger charge is 2.15. The van der Waals surface area contributed by atoms with Crippen LogP contribution in [0.4, 0.5) is 0 Å². The number of likely N-dealkylation sites (tertiary alicyclic amines) is 1. The summed E-state index contributed by atoms with van der Waals surface area (Å²) in [5.74, 6) is -0.320. The zero-order valence-corrected chi connectivity index (χ0v) is 8.14. The first-order valence-corrected chi connectivity index (χ1v) is 5.18. The van der Waals surface area contributed by atoms with Gasteiger partial charge in [-0.15, -0.1) is 11.3 Å². The molecule has 1 amide bonds. The fraction of sp³-hybridized carbons (Fsp3) is 0.444. The van der Waals surface area contributed by atoms with E-state index in [1.54, 1.807) is 0 Å². The maximum Gasteiger partial charge on any atom is 0.258 e. The summed E-state index contributed by atoms with van der Waals surface area (Å²) < 4.78 is 0. The van der Waals surface area contributed by atoms with Crippen LogP contribution in [0.15, 0.2) is 12.1 Å². The zero-order chi connectivity index (χ0) is 9.26. The van der Waals surface area contributed by atoms with Gasteiger partial charge in [0.15, 0.2) is 0 Å². The van der Waals surface area contributed by atoms with Crippen molar-refractivity contribution < 1.29 is 4.79 Å². The lowest BCUT2D eigenvalue weighted by Gasteiger charge is -2.29. The third-order valence-electron chi connectivity index (χ3n) is 2.23. The number of primary amides is 1. The molecule has 4 heteroatoms. The predicted molar refractivity (Wildman–Crippen MR) is 52.7 cm³/mol. The van der Waals surface area contributed by atoms with Crippen molar-refractivity contribution in [3.8, 4) is 0 Å². The highest BCUT2D eigenvalue weighted by atomic mass is 32.1. The Morgan fingerprint density at radius 2 is 2.31 bits per heavy atom. The molecule has 0 spiro atoms. The number of amides is 1. The average molecular weight is 196 g/mol. The molecule has 1 saturated heterocycles. The lowest BCUT2D eigenvalue weighted by atomic mass is 10.2. The van der Waals surface area contributed by atoms with Crippen molar-refractivity contribution in [1.82, 2.24) is 4.90 Å². The van der Waals surface area contributed by atoms with Crippen LogP contribution in [0.5, 0.6) is 0 Å². The molecular formula is C9H12N2OS. The molecule has 0 aliphatic carbocycles. The molecule has 13 heavy (non-hydrogen) atoms. The van der Waals surface area contributed by atoms with Crippen molar-refractivity contribution >= 4 is 17.2 Å². The molecule has 2 rings (SSSR count). The minimum absolute atomic E-state index is 0.320. The molecular weight excluding hydrogens is 184 g/mol. The van der Waals surface area contributed by atoms with Crippen LogP contribution in [0.25, 0.3) is 0 Å². The second kappa shape index (κ2) is 3.47. The molecule has 1 aliphatic rings. The summed E-state index contributed by atoms with van der Waals surface area (Å²) in [6, 6.07) is 3.80. The molecule has 1 aromatic heterocycles. The van der Waals surface area contributed by atoms with Crippen molar-refractivity contribution in [1.29, 1.82) is 0 Å². The summed E-state index contributed by atoms with van der Waals surface area (Å²) in [6.07, 6.45) is 1.30. The summed E-state index contributed by atoms with van der Waals surface area (Å²) in [7, 11) is 0. The van der Waals surface area contributed by atoms with Crippen LogP contribution in [0.1, 0.15) is 21.0 Å². The Balaban J connectivity index is 2.00.